The molecule has 0 aliphatic carbocycles. The van der Waals surface area contributed by atoms with Gasteiger partial charge in [-0.15, -0.1) is 0 Å². The topological polar surface area (TPSA) is 109 Å². The minimum absolute atomic E-state index is 0.131. The molecule has 8 heteroatoms. The van der Waals surface area contributed by atoms with Gasteiger partial charge in [-0.05, 0) is 12.1 Å². The molecule has 2 rings (SSSR count). The Kier molecular flexibility index (Phi) is 4.49. The number of carbonyl (C=O) groups is 3. The number of ether oxygens (including phenoxy) is 1. The number of amides is 2. The standard InChI is InChI=1S/C13H15N3O5/c1-14-11(17)10-7-21-5-4-16(10)12(18)8-2-3-9(13(19)20)15-6-8/h2-3,6,10H,4-5,7H2,1H3,(H,14,17)(H,19,20). The highest BCUT2D eigenvalue weighted by atomic mass is 16.5. The highest BCUT2D eigenvalue weighted by molar-refractivity contribution is 5.98. The first-order valence-corrected chi connectivity index (χ1v) is 6.34. The number of nitrogens with zero attached hydrogens (tertiary/aromatic N) is 2. The summed E-state index contributed by atoms with van der Waals surface area (Å²) in [5.41, 5.74) is 0.0900. The predicted octanol–water partition coefficient (Wildman–Crippen LogP) is -0.633. The van der Waals surface area contributed by atoms with E-state index in [-0.39, 0.29) is 36.2 Å². The second-order valence-electron chi connectivity index (χ2n) is 4.44. The molecule has 2 heterocycles. The average Bonchev–Trinajstić information content (AvgIpc) is 2.53. The molecule has 1 saturated heterocycles. The zero-order valence-corrected chi connectivity index (χ0v) is 11.4. The van der Waals surface area contributed by atoms with Crippen LogP contribution in [0.25, 0.3) is 0 Å². The second-order valence-corrected chi connectivity index (χ2v) is 4.44. The van der Waals surface area contributed by atoms with Crippen LogP contribution in [0.3, 0.4) is 0 Å². The van der Waals surface area contributed by atoms with Crippen molar-refractivity contribution in [3.05, 3.63) is 29.6 Å². The summed E-state index contributed by atoms with van der Waals surface area (Å²) in [5, 5.41) is 11.3. The number of aromatic carboxylic acids is 1. The average molecular weight is 293 g/mol. The normalized spacial score (nSPS) is 18.1. The lowest BCUT2D eigenvalue weighted by atomic mass is 10.1. The Morgan fingerprint density at radius 3 is 2.76 bits per heavy atom. The SMILES string of the molecule is CNC(=O)C1COCCN1C(=O)c1ccc(C(=O)O)nc1. The maximum Gasteiger partial charge on any atom is 0.354 e. The number of hydrogen-bond acceptors (Lipinski definition) is 5. The Balaban J connectivity index is 2.20. The summed E-state index contributed by atoms with van der Waals surface area (Å²) in [4.78, 5) is 40.0. The van der Waals surface area contributed by atoms with Gasteiger partial charge in [0.25, 0.3) is 5.91 Å². The quantitative estimate of drug-likeness (QED) is 0.768. The number of carbonyl (C=O) groups excluding carboxylic acids is 2. The van der Waals surface area contributed by atoms with Crippen molar-refractivity contribution in [2.24, 2.45) is 0 Å². The third-order valence-corrected chi connectivity index (χ3v) is 3.17. The van der Waals surface area contributed by atoms with Crippen LogP contribution in [0, 0.1) is 0 Å². The van der Waals surface area contributed by atoms with Gasteiger partial charge < -0.3 is 20.1 Å². The molecule has 112 valence electrons. The number of pyridine rings is 1. The predicted molar refractivity (Wildman–Crippen MR) is 70.9 cm³/mol. The summed E-state index contributed by atoms with van der Waals surface area (Å²) in [5.74, 6) is -1.85. The van der Waals surface area contributed by atoms with E-state index < -0.39 is 12.0 Å². The van der Waals surface area contributed by atoms with Crippen molar-refractivity contribution in [3.8, 4) is 0 Å². The van der Waals surface area contributed by atoms with Gasteiger partial charge in [-0.2, -0.15) is 0 Å². The van der Waals surface area contributed by atoms with Crippen molar-refractivity contribution in [2.75, 3.05) is 26.8 Å². The molecular formula is C13H15N3O5. The van der Waals surface area contributed by atoms with E-state index in [0.29, 0.717) is 6.61 Å². The van der Waals surface area contributed by atoms with E-state index in [2.05, 4.69) is 10.3 Å². The number of morpholine rings is 1. The Morgan fingerprint density at radius 2 is 2.19 bits per heavy atom. The maximum atomic E-state index is 12.4. The molecule has 1 aromatic rings. The number of hydrogen-bond donors (Lipinski definition) is 2. The molecule has 1 aromatic heterocycles. The number of rotatable bonds is 3. The van der Waals surface area contributed by atoms with Crippen LogP contribution < -0.4 is 5.32 Å². The molecular weight excluding hydrogens is 278 g/mol. The van der Waals surface area contributed by atoms with E-state index in [4.69, 9.17) is 9.84 Å². The first-order valence-electron chi connectivity index (χ1n) is 6.34. The smallest absolute Gasteiger partial charge is 0.354 e. The Morgan fingerprint density at radius 1 is 1.43 bits per heavy atom. The highest BCUT2D eigenvalue weighted by Gasteiger charge is 2.32. The van der Waals surface area contributed by atoms with Crippen LogP contribution in [0.15, 0.2) is 18.3 Å². The van der Waals surface area contributed by atoms with Gasteiger partial charge in [0.2, 0.25) is 5.91 Å². The van der Waals surface area contributed by atoms with Crippen molar-refractivity contribution in [1.82, 2.24) is 15.2 Å². The molecule has 1 aliphatic heterocycles. The van der Waals surface area contributed by atoms with Gasteiger partial charge in [-0.25, -0.2) is 9.78 Å². The molecule has 21 heavy (non-hydrogen) atoms. The second kappa shape index (κ2) is 6.31. The molecule has 1 atom stereocenters. The molecule has 1 fully saturated rings. The molecule has 2 N–H and O–H groups in total. The van der Waals surface area contributed by atoms with Gasteiger partial charge >= 0.3 is 5.97 Å². The zero-order valence-electron chi connectivity index (χ0n) is 11.4. The Bertz CT molecular complexity index is 557. The van der Waals surface area contributed by atoms with Crippen LogP contribution in [0.1, 0.15) is 20.8 Å². The van der Waals surface area contributed by atoms with E-state index in [1.807, 2.05) is 0 Å². The molecule has 0 bridgehead atoms. The maximum absolute atomic E-state index is 12.4. The summed E-state index contributed by atoms with van der Waals surface area (Å²) >= 11 is 0. The van der Waals surface area contributed by atoms with Crippen molar-refractivity contribution >= 4 is 17.8 Å². The molecule has 1 aliphatic rings. The van der Waals surface area contributed by atoms with Gasteiger partial charge in [0.05, 0.1) is 18.8 Å². The first-order chi connectivity index (χ1) is 10.0. The van der Waals surface area contributed by atoms with Gasteiger partial charge in [0.15, 0.2) is 0 Å². The molecule has 0 spiro atoms. The van der Waals surface area contributed by atoms with E-state index in [1.165, 1.54) is 30.3 Å². The van der Waals surface area contributed by atoms with Crippen molar-refractivity contribution in [1.29, 1.82) is 0 Å². The van der Waals surface area contributed by atoms with E-state index in [1.54, 1.807) is 0 Å². The van der Waals surface area contributed by atoms with Gasteiger partial charge in [-0.3, -0.25) is 9.59 Å². The Hall–Kier alpha value is -2.48. The van der Waals surface area contributed by atoms with E-state index >= 15 is 0 Å². The monoisotopic (exact) mass is 293 g/mol. The van der Waals surface area contributed by atoms with Gasteiger partial charge in [-0.1, -0.05) is 0 Å². The summed E-state index contributed by atoms with van der Waals surface area (Å²) in [6.45, 7) is 0.767. The Labute approximate surface area is 120 Å². The number of aromatic nitrogens is 1. The number of carboxylic acid groups (broad SMARTS) is 1. The molecule has 1 unspecified atom stereocenters. The molecule has 2 amide bonds. The summed E-state index contributed by atoms with van der Waals surface area (Å²) < 4.78 is 5.22. The van der Waals surface area contributed by atoms with Crippen LogP contribution in [0.4, 0.5) is 0 Å². The van der Waals surface area contributed by atoms with Crippen LogP contribution >= 0.6 is 0 Å². The fourth-order valence-corrected chi connectivity index (χ4v) is 2.04. The minimum atomic E-state index is -1.16. The van der Waals surface area contributed by atoms with Gasteiger partial charge in [0, 0.05) is 19.8 Å². The van der Waals surface area contributed by atoms with E-state index in [0.717, 1.165) is 0 Å². The third kappa shape index (κ3) is 3.16. The highest BCUT2D eigenvalue weighted by Crippen LogP contribution is 2.13. The van der Waals surface area contributed by atoms with E-state index in [9.17, 15) is 14.4 Å². The summed E-state index contributed by atoms with van der Waals surface area (Å²) in [6, 6.07) is 1.94. The van der Waals surface area contributed by atoms with Crippen molar-refractivity contribution in [2.45, 2.75) is 6.04 Å². The van der Waals surface area contributed by atoms with Crippen LogP contribution in [-0.2, 0) is 9.53 Å². The van der Waals surface area contributed by atoms with Crippen LogP contribution in [-0.4, -0.2) is 65.6 Å². The van der Waals surface area contributed by atoms with Crippen molar-refractivity contribution in [3.63, 3.8) is 0 Å². The number of carboxylic acids is 1. The lowest BCUT2D eigenvalue weighted by Crippen LogP contribution is -2.55. The largest absolute Gasteiger partial charge is 0.477 e. The fourth-order valence-electron chi connectivity index (χ4n) is 2.04. The van der Waals surface area contributed by atoms with Crippen LogP contribution in [0.2, 0.25) is 0 Å². The number of nitrogens with one attached hydrogen (secondary N) is 1. The molecule has 0 saturated carbocycles. The van der Waals surface area contributed by atoms with Crippen LogP contribution in [0.5, 0.6) is 0 Å². The van der Waals surface area contributed by atoms with Gasteiger partial charge in [0.1, 0.15) is 11.7 Å². The molecule has 0 aromatic carbocycles. The number of likely N-dealkylation sites (N-methyl/N-ethyl adjacent to an activating group) is 1. The molecule has 8 nitrogen and oxygen atoms in total. The lowest BCUT2D eigenvalue weighted by molar-refractivity contribution is -0.130. The first kappa shape index (κ1) is 14.9. The summed E-state index contributed by atoms with van der Waals surface area (Å²) in [6.07, 6.45) is 1.20. The fraction of sp³-hybridized carbons (Fsp3) is 0.385. The van der Waals surface area contributed by atoms with Crippen molar-refractivity contribution < 1.29 is 24.2 Å². The molecule has 0 radical (unpaired) electrons. The zero-order chi connectivity index (χ0) is 15.4. The minimum Gasteiger partial charge on any atom is -0.477 e. The third-order valence-electron chi connectivity index (χ3n) is 3.17. The lowest BCUT2D eigenvalue weighted by Gasteiger charge is -2.34. The summed E-state index contributed by atoms with van der Waals surface area (Å²) in [7, 11) is 1.49.